The summed E-state index contributed by atoms with van der Waals surface area (Å²) in [4.78, 5) is 35.6. The van der Waals surface area contributed by atoms with Crippen molar-refractivity contribution in [1.29, 1.82) is 0 Å². The number of benzene rings is 2. The summed E-state index contributed by atoms with van der Waals surface area (Å²) >= 11 is 0. The van der Waals surface area contributed by atoms with Crippen LogP contribution >= 0.6 is 0 Å². The molecule has 0 spiro atoms. The third-order valence-corrected chi connectivity index (χ3v) is 5.10. The van der Waals surface area contributed by atoms with E-state index in [1.807, 2.05) is 54.3 Å². The topological polar surface area (TPSA) is 70.5 Å². The van der Waals surface area contributed by atoms with E-state index < -0.39 is 0 Å². The summed E-state index contributed by atoms with van der Waals surface area (Å²) in [7, 11) is 0. The Bertz CT molecular complexity index is 1040. The standard InChI is InChI=1S/C21H22N4O2/c1-15-5-4-6-16(13-15)21(27)25-11-9-24(10-12-25)14-19-22-18-8-3-2-7-17(18)20(26)23-19/h2-8,13H,9-12,14H2,1H3,(H,22,23,26)/p+1. The number of carbonyl (C=O) groups excluding carboxylic acids is 1. The molecule has 1 amide bonds. The molecule has 27 heavy (non-hydrogen) atoms. The van der Waals surface area contributed by atoms with Gasteiger partial charge in [0, 0.05) is 5.56 Å². The first-order chi connectivity index (χ1) is 13.1. The smallest absolute Gasteiger partial charge is 0.258 e. The molecule has 138 valence electrons. The number of aromatic amines is 1. The summed E-state index contributed by atoms with van der Waals surface area (Å²) in [5.41, 5.74) is 2.47. The molecule has 1 fully saturated rings. The van der Waals surface area contributed by atoms with Crippen molar-refractivity contribution in [3.63, 3.8) is 0 Å². The highest BCUT2D eigenvalue weighted by Crippen LogP contribution is 2.08. The van der Waals surface area contributed by atoms with Crippen molar-refractivity contribution in [2.75, 3.05) is 26.2 Å². The van der Waals surface area contributed by atoms with E-state index in [0.717, 1.165) is 29.7 Å². The van der Waals surface area contributed by atoms with Gasteiger partial charge in [-0.05, 0) is 31.2 Å². The van der Waals surface area contributed by atoms with Crippen LogP contribution in [-0.4, -0.2) is 47.0 Å². The maximum Gasteiger partial charge on any atom is 0.258 e. The van der Waals surface area contributed by atoms with Gasteiger partial charge in [0.25, 0.3) is 11.5 Å². The Morgan fingerprint density at radius 3 is 2.70 bits per heavy atom. The van der Waals surface area contributed by atoms with Gasteiger partial charge in [-0.1, -0.05) is 29.8 Å². The summed E-state index contributed by atoms with van der Waals surface area (Å²) in [6.07, 6.45) is 0. The average molecular weight is 363 g/mol. The van der Waals surface area contributed by atoms with E-state index in [1.54, 1.807) is 6.07 Å². The fourth-order valence-electron chi connectivity index (χ4n) is 3.62. The molecule has 1 aliphatic rings. The van der Waals surface area contributed by atoms with Crippen molar-refractivity contribution in [1.82, 2.24) is 14.9 Å². The Balaban J connectivity index is 1.41. The number of para-hydroxylation sites is 1. The highest BCUT2D eigenvalue weighted by Gasteiger charge is 2.25. The van der Waals surface area contributed by atoms with E-state index in [2.05, 4.69) is 9.97 Å². The Labute approximate surface area is 157 Å². The van der Waals surface area contributed by atoms with Crippen molar-refractivity contribution in [3.8, 4) is 0 Å². The lowest BCUT2D eigenvalue weighted by Crippen LogP contribution is -3.13. The maximum absolute atomic E-state index is 12.7. The van der Waals surface area contributed by atoms with Gasteiger partial charge in [-0.25, -0.2) is 4.98 Å². The first-order valence-corrected chi connectivity index (χ1v) is 9.27. The number of piperazine rings is 1. The van der Waals surface area contributed by atoms with Crippen molar-refractivity contribution >= 4 is 16.8 Å². The number of H-pyrrole nitrogens is 1. The molecule has 2 aromatic carbocycles. The van der Waals surface area contributed by atoms with Crippen molar-refractivity contribution < 1.29 is 9.69 Å². The van der Waals surface area contributed by atoms with E-state index >= 15 is 0 Å². The Kier molecular flexibility index (Phi) is 4.73. The van der Waals surface area contributed by atoms with Gasteiger partial charge in [0.1, 0.15) is 6.54 Å². The van der Waals surface area contributed by atoms with Crippen LogP contribution in [0.1, 0.15) is 21.7 Å². The normalized spacial score (nSPS) is 15.2. The minimum Gasteiger partial charge on any atom is -0.327 e. The summed E-state index contributed by atoms with van der Waals surface area (Å²) in [5, 5.41) is 0.616. The molecule has 0 aliphatic carbocycles. The van der Waals surface area contributed by atoms with Crippen LogP contribution in [0.5, 0.6) is 0 Å². The second kappa shape index (κ2) is 7.32. The fourth-order valence-corrected chi connectivity index (χ4v) is 3.62. The molecule has 2 N–H and O–H groups in total. The number of hydrogen-bond acceptors (Lipinski definition) is 3. The van der Waals surface area contributed by atoms with Crippen LogP contribution in [0.15, 0.2) is 53.3 Å². The van der Waals surface area contributed by atoms with Crippen LogP contribution in [0.2, 0.25) is 0 Å². The Morgan fingerprint density at radius 1 is 1.15 bits per heavy atom. The predicted molar refractivity (Wildman–Crippen MR) is 104 cm³/mol. The molecule has 2 heterocycles. The number of aryl methyl sites for hydroxylation is 1. The molecule has 6 heteroatoms. The van der Waals surface area contributed by atoms with Gasteiger partial charge in [-0.15, -0.1) is 0 Å². The van der Waals surface area contributed by atoms with E-state index in [1.165, 1.54) is 4.90 Å². The lowest BCUT2D eigenvalue weighted by atomic mass is 10.1. The molecule has 1 aromatic heterocycles. The molecular weight excluding hydrogens is 340 g/mol. The number of nitrogens with one attached hydrogen (secondary N) is 2. The third-order valence-electron chi connectivity index (χ3n) is 5.10. The van der Waals surface area contributed by atoms with Gasteiger partial charge in [-0.2, -0.15) is 0 Å². The Morgan fingerprint density at radius 2 is 1.93 bits per heavy atom. The number of aromatic nitrogens is 2. The number of amides is 1. The van der Waals surface area contributed by atoms with E-state index in [9.17, 15) is 9.59 Å². The maximum atomic E-state index is 12.7. The second-order valence-electron chi connectivity index (χ2n) is 7.12. The molecule has 0 unspecified atom stereocenters. The summed E-state index contributed by atoms with van der Waals surface area (Å²) in [6.45, 7) is 5.75. The first kappa shape index (κ1) is 17.4. The summed E-state index contributed by atoms with van der Waals surface area (Å²) < 4.78 is 0. The molecule has 0 saturated carbocycles. The zero-order valence-electron chi connectivity index (χ0n) is 15.4. The number of hydrogen-bond donors (Lipinski definition) is 2. The molecule has 4 rings (SSSR count). The SMILES string of the molecule is Cc1cccc(C(=O)N2CC[NH+](Cc3nc4ccccc4c(=O)[nH]3)CC2)c1. The highest BCUT2D eigenvalue weighted by molar-refractivity contribution is 5.94. The lowest BCUT2D eigenvalue weighted by molar-refractivity contribution is -0.918. The highest BCUT2D eigenvalue weighted by atomic mass is 16.2. The van der Waals surface area contributed by atoms with Gasteiger partial charge >= 0.3 is 0 Å². The van der Waals surface area contributed by atoms with Gasteiger partial charge in [0.2, 0.25) is 0 Å². The van der Waals surface area contributed by atoms with Gasteiger partial charge in [0.05, 0.1) is 37.1 Å². The second-order valence-corrected chi connectivity index (χ2v) is 7.12. The fraction of sp³-hybridized carbons (Fsp3) is 0.286. The van der Waals surface area contributed by atoms with Crippen LogP contribution in [-0.2, 0) is 6.54 Å². The van der Waals surface area contributed by atoms with Gasteiger partial charge in [-0.3, -0.25) is 9.59 Å². The lowest BCUT2D eigenvalue weighted by Gasteiger charge is -2.32. The van der Waals surface area contributed by atoms with E-state index in [0.29, 0.717) is 30.8 Å². The van der Waals surface area contributed by atoms with Crippen LogP contribution in [0.25, 0.3) is 10.9 Å². The van der Waals surface area contributed by atoms with Crippen LogP contribution in [0, 0.1) is 6.92 Å². The number of quaternary nitrogens is 1. The number of nitrogens with zero attached hydrogens (tertiary/aromatic N) is 2. The first-order valence-electron chi connectivity index (χ1n) is 9.27. The number of carbonyl (C=O) groups is 1. The molecule has 3 aromatic rings. The van der Waals surface area contributed by atoms with Gasteiger partial charge in [0.15, 0.2) is 5.82 Å². The predicted octanol–water partition coefficient (Wildman–Crippen LogP) is 0.772. The monoisotopic (exact) mass is 363 g/mol. The van der Waals surface area contributed by atoms with Crippen molar-refractivity contribution in [3.05, 3.63) is 75.8 Å². The molecule has 0 atom stereocenters. The van der Waals surface area contributed by atoms with Crippen molar-refractivity contribution in [2.24, 2.45) is 0 Å². The average Bonchev–Trinajstić information content (AvgIpc) is 2.68. The van der Waals surface area contributed by atoms with Crippen LogP contribution < -0.4 is 10.5 Å². The largest absolute Gasteiger partial charge is 0.327 e. The van der Waals surface area contributed by atoms with Crippen LogP contribution in [0.4, 0.5) is 0 Å². The quantitative estimate of drug-likeness (QED) is 0.722. The van der Waals surface area contributed by atoms with E-state index in [-0.39, 0.29) is 11.5 Å². The number of rotatable bonds is 3. The molecular formula is C21H23N4O2+. The molecule has 6 nitrogen and oxygen atoms in total. The molecule has 1 aliphatic heterocycles. The van der Waals surface area contributed by atoms with Gasteiger partial charge < -0.3 is 14.8 Å². The minimum absolute atomic E-state index is 0.0926. The van der Waals surface area contributed by atoms with E-state index in [4.69, 9.17) is 0 Å². The van der Waals surface area contributed by atoms with Crippen LogP contribution in [0.3, 0.4) is 0 Å². The molecule has 0 radical (unpaired) electrons. The Hall–Kier alpha value is -2.99. The summed E-state index contributed by atoms with van der Waals surface area (Å²) in [5.74, 6) is 0.794. The molecule has 1 saturated heterocycles. The molecule has 0 bridgehead atoms. The zero-order valence-corrected chi connectivity index (χ0v) is 15.4. The number of fused-ring (bicyclic) bond motifs is 1. The zero-order chi connectivity index (χ0) is 18.8. The minimum atomic E-state index is -0.0942. The summed E-state index contributed by atoms with van der Waals surface area (Å²) in [6, 6.07) is 15.1. The third kappa shape index (κ3) is 3.75. The van der Waals surface area contributed by atoms with Crippen molar-refractivity contribution in [2.45, 2.75) is 13.5 Å².